The van der Waals surface area contributed by atoms with Crippen molar-refractivity contribution < 1.29 is 8.94 Å². The number of aromatic amines is 2. The Morgan fingerprint density at radius 1 is 1.03 bits per heavy atom. The van der Waals surface area contributed by atoms with Crippen molar-refractivity contribution in [3.8, 4) is 56.7 Å². The number of H-pyrrole nitrogens is 2. The van der Waals surface area contributed by atoms with Crippen molar-refractivity contribution >= 4 is 23.1 Å². The summed E-state index contributed by atoms with van der Waals surface area (Å²) in [6.07, 6.45) is 4.49. The third-order valence-corrected chi connectivity index (χ3v) is 5.05. The summed E-state index contributed by atoms with van der Waals surface area (Å²) in [7, 11) is 0. The van der Waals surface area contributed by atoms with Crippen LogP contribution in [0.2, 0.25) is 0 Å². The fraction of sp³-hybridized carbons (Fsp3) is 0. The van der Waals surface area contributed by atoms with Crippen molar-refractivity contribution in [3.05, 3.63) is 17.8 Å². The molecule has 0 bridgehead atoms. The number of rotatable bonds is 5. The van der Waals surface area contributed by atoms with Crippen molar-refractivity contribution in [2.45, 2.75) is 0 Å². The normalized spacial score (nSPS) is 11.3. The van der Waals surface area contributed by atoms with Gasteiger partial charge in [-0.05, 0) is 23.1 Å². The molecule has 0 aliphatic heterocycles. The highest BCUT2D eigenvalue weighted by Gasteiger charge is 2.25. The van der Waals surface area contributed by atoms with Crippen LogP contribution in [-0.2, 0) is 0 Å². The Hall–Kier alpha value is -4.25. The van der Waals surface area contributed by atoms with E-state index < -0.39 is 0 Å². The van der Waals surface area contributed by atoms with Crippen LogP contribution < -0.4 is 0 Å². The standard InChI is InChI=1S/C13H4N13O2S2/c1-4(5-2-14-24-17-5)9(30-15-1)11-16-10(20-21-11)7-8(28-25-19-7)13-23-22-12(27-13)6-3-29-26-18-6/h2-3H,(H,14,17,24)(H,16,20,21). The van der Waals surface area contributed by atoms with Crippen LogP contribution in [0.1, 0.15) is 0 Å². The highest BCUT2D eigenvalue weighted by molar-refractivity contribution is 7.10. The topological polar surface area (TPSA) is 200 Å². The Morgan fingerprint density at radius 2 is 2.00 bits per heavy atom. The quantitative estimate of drug-likeness (QED) is 0.388. The minimum absolute atomic E-state index is 0.0605. The van der Waals surface area contributed by atoms with Gasteiger partial charge in [-0.15, -0.1) is 25.5 Å². The lowest BCUT2D eigenvalue weighted by molar-refractivity contribution is 0.392. The van der Waals surface area contributed by atoms with E-state index >= 15 is 0 Å². The van der Waals surface area contributed by atoms with E-state index in [9.17, 15) is 0 Å². The summed E-state index contributed by atoms with van der Waals surface area (Å²) in [6.45, 7) is 0. The molecule has 0 aliphatic rings. The molecule has 1 radical (unpaired) electrons. The summed E-state index contributed by atoms with van der Waals surface area (Å²) < 4.78 is 18.6. The maximum Gasteiger partial charge on any atom is 0.289 e. The zero-order valence-corrected chi connectivity index (χ0v) is 15.8. The van der Waals surface area contributed by atoms with Crippen LogP contribution in [0.3, 0.4) is 0 Å². The van der Waals surface area contributed by atoms with Gasteiger partial charge in [0, 0.05) is 10.7 Å². The zero-order valence-electron chi connectivity index (χ0n) is 14.2. The van der Waals surface area contributed by atoms with Crippen LogP contribution in [0.15, 0.2) is 20.5 Å². The molecule has 0 fully saturated rings. The summed E-state index contributed by atoms with van der Waals surface area (Å²) in [4.78, 5) is 5.11. The number of hydrogen-bond donors (Lipinski definition) is 2. The molecular weight excluding hydrogens is 434 g/mol. The van der Waals surface area contributed by atoms with Crippen LogP contribution in [0, 0.1) is 6.20 Å². The fourth-order valence-corrected chi connectivity index (χ4v) is 3.56. The molecule has 6 rings (SSSR count). The van der Waals surface area contributed by atoms with Gasteiger partial charge in [-0.25, -0.2) is 4.98 Å². The molecule has 30 heavy (non-hydrogen) atoms. The van der Waals surface area contributed by atoms with E-state index in [4.69, 9.17) is 8.94 Å². The van der Waals surface area contributed by atoms with Crippen molar-refractivity contribution in [1.82, 2.24) is 65.1 Å². The lowest BCUT2D eigenvalue weighted by Gasteiger charge is -1.92. The molecule has 0 saturated heterocycles. The van der Waals surface area contributed by atoms with Crippen molar-refractivity contribution in [1.29, 1.82) is 0 Å². The second kappa shape index (κ2) is 6.67. The highest BCUT2D eigenvalue weighted by Crippen LogP contribution is 2.34. The molecule has 0 aliphatic carbocycles. The molecule has 0 atom stereocenters. The molecule has 0 amide bonds. The smallest absolute Gasteiger partial charge is 0.289 e. The van der Waals surface area contributed by atoms with Gasteiger partial charge < -0.3 is 8.94 Å². The summed E-state index contributed by atoms with van der Waals surface area (Å²) >= 11 is 2.33. The lowest BCUT2D eigenvalue weighted by atomic mass is 10.2. The van der Waals surface area contributed by atoms with Gasteiger partial charge in [-0.2, -0.15) is 9.47 Å². The molecule has 0 aromatic carbocycles. The maximum absolute atomic E-state index is 5.60. The average molecular weight is 438 g/mol. The van der Waals surface area contributed by atoms with Gasteiger partial charge in [0.25, 0.3) is 17.5 Å². The number of aromatic nitrogens is 13. The second-order valence-electron chi connectivity index (χ2n) is 5.52. The zero-order chi connectivity index (χ0) is 19.9. The van der Waals surface area contributed by atoms with Gasteiger partial charge in [-0.1, -0.05) is 9.70 Å². The van der Waals surface area contributed by atoms with E-state index in [1.54, 1.807) is 11.6 Å². The summed E-state index contributed by atoms with van der Waals surface area (Å²) in [6, 6.07) is 0. The molecule has 0 unspecified atom stereocenters. The summed E-state index contributed by atoms with van der Waals surface area (Å²) in [5.41, 5.74) is 1.90. The fourth-order valence-electron chi connectivity index (χ4n) is 2.49. The van der Waals surface area contributed by atoms with Crippen LogP contribution in [-0.4, -0.2) is 65.1 Å². The highest BCUT2D eigenvalue weighted by atomic mass is 32.1. The number of nitrogens with zero attached hydrogens (tertiary/aromatic N) is 11. The molecule has 2 N–H and O–H groups in total. The summed E-state index contributed by atoms with van der Waals surface area (Å²) in [5, 5.41) is 38.3. The first-order valence-electron chi connectivity index (χ1n) is 7.98. The molecule has 15 nitrogen and oxygen atoms in total. The van der Waals surface area contributed by atoms with Gasteiger partial charge in [0.1, 0.15) is 16.8 Å². The Morgan fingerprint density at radius 3 is 2.87 bits per heavy atom. The van der Waals surface area contributed by atoms with Gasteiger partial charge in [0.05, 0.1) is 11.8 Å². The van der Waals surface area contributed by atoms with E-state index in [-0.39, 0.29) is 29.1 Å². The molecule has 0 spiro atoms. The minimum atomic E-state index is 0.0605. The third-order valence-electron chi connectivity index (χ3n) is 3.79. The first-order chi connectivity index (χ1) is 14.9. The maximum atomic E-state index is 5.60. The largest absolute Gasteiger partial charge is 0.412 e. The van der Waals surface area contributed by atoms with Gasteiger partial charge in [0.15, 0.2) is 23.0 Å². The van der Waals surface area contributed by atoms with Gasteiger partial charge >= 0.3 is 0 Å². The van der Waals surface area contributed by atoms with Crippen LogP contribution in [0.5, 0.6) is 0 Å². The first kappa shape index (κ1) is 16.7. The second-order valence-corrected chi connectivity index (χ2v) is 6.90. The van der Waals surface area contributed by atoms with E-state index in [0.29, 0.717) is 27.7 Å². The Labute approximate surface area is 171 Å². The minimum Gasteiger partial charge on any atom is -0.412 e. The van der Waals surface area contributed by atoms with Crippen molar-refractivity contribution in [2.24, 2.45) is 0 Å². The average Bonchev–Trinajstić information content (AvgIpc) is 3.61. The van der Waals surface area contributed by atoms with E-state index in [1.807, 2.05) is 0 Å². The monoisotopic (exact) mass is 438 g/mol. The SMILES string of the molecule is [c]1nsc(-c2n[nH]c(-c3nnoc3-c3nnc(-c4csnn4)o3)n2)c1-c1c[nH]nn1. The molecule has 145 valence electrons. The van der Waals surface area contributed by atoms with E-state index in [2.05, 4.69) is 71.3 Å². The van der Waals surface area contributed by atoms with Crippen molar-refractivity contribution in [2.75, 3.05) is 0 Å². The van der Waals surface area contributed by atoms with Gasteiger partial charge in [0.2, 0.25) is 0 Å². The van der Waals surface area contributed by atoms with Crippen LogP contribution >= 0.6 is 23.1 Å². The molecule has 6 aromatic heterocycles. The molecule has 6 heterocycles. The predicted molar refractivity (Wildman–Crippen MR) is 97.2 cm³/mol. The van der Waals surface area contributed by atoms with Crippen LogP contribution in [0.25, 0.3) is 56.7 Å². The Bertz CT molecular complexity index is 1410. The first-order valence-corrected chi connectivity index (χ1v) is 9.59. The Balaban J connectivity index is 1.36. The van der Waals surface area contributed by atoms with Crippen molar-refractivity contribution in [3.63, 3.8) is 0 Å². The van der Waals surface area contributed by atoms with E-state index in [1.165, 1.54) is 23.1 Å². The molecule has 0 saturated carbocycles. The third kappa shape index (κ3) is 2.68. The number of nitrogens with one attached hydrogen (secondary N) is 2. The van der Waals surface area contributed by atoms with Crippen LogP contribution in [0.4, 0.5) is 0 Å². The van der Waals surface area contributed by atoms with Gasteiger partial charge in [-0.3, -0.25) is 10.2 Å². The lowest BCUT2D eigenvalue weighted by Crippen LogP contribution is -1.86. The molecule has 17 heteroatoms. The number of hydrogen-bond acceptors (Lipinski definition) is 15. The van der Waals surface area contributed by atoms with E-state index in [0.717, 1.165) is 0 Å². The Kier molecular flexibility index (Phi) is 3.71. The summed E-state index contributed by atoms with van der Waals surface area (Å²) in [5.74, 6) is 1.04. The predicted octanol–water partition coefficient (Wildman–Crippen LogP) is 1.13. The molecular formula is C13H4N13O2S2. The molecule has 6 aromatic rings.